The standard InChI is InChI=1S/C22H20FN3O4/c23-17-8-4-5-15(13-17)9-11-24-14-18-25(22(29)30)12-10-19(27)26(18)20(21(24)28)16-6-2-1-3-7-16/h1-8,13-14,20H,9-12H2,(H,29,30)/t20-/m0/s1. The first-order valence-corrected chi connectivity index (χ1v) is 9.60. The van der Waals surface area contributed by atoms with Crippen LogP contribution in [0.4, 0.5) is 9.18 Å². The van der Waals surface area contributed by atoms with Crippen molar-refractivity contribution in [2.24, 2.45) is 0 Å². The van der Waals surface area contributed by atoms with Crippen molar-refractivity contribution in [2.45, 2.75) is 18.9 Å². The van der Waals surface area contributed by atoms with Gasteiger partial charge in [0.15, 0.2) is 0 Å². The minimum Gasteiger partial charge on any atom is -0.465 e. The summed E-state index contributed by atoms with van der Waals surface area (Å²) in [6.45, 7) is 0.258. The van der Waals surface area contributed by atoms with Crippen molar-refractivity contribution in [1.29, 1.82) is 0 Å². The molecule has 2 heterocycles. The van der Waals surface area contributed by atoms with Crippen molar-refractivity contribution in [3.63, 3.8) is 0 Å². The van der Waals surface area contributed by atoms with Crippen molar-refractivity contribution in [1.82, 2.24) is 14.7 Å². The van der Waals surface area contributed by atoms with Crippen LogP contribution in [0, 0.1) is 5.82 Å². The van der Waals surface area contributed by atoms with E-state index in [0.717, 1.165) is 10.5 Å². The van der Waals surface area contributed by atoms with Gasteiger partial charge in [-0.1, -0.05) is 42.5 Å². The number of carbonyl (C=O) groups is 3. The highest BCUT2D eigenvalue weighted by molar-refractivity contribution is 5.93. The van der Waals surface area contributed by atoms with Gasteiger partial charge in [-0.25, -0.2) is 9.18 Å². The number of carboxylic acid groups (broad SMARTS) is 1. The van der Waals surface area contributed by atoms with E-state index in [4.69, 9.17) is 0 Å². The van der Waals surface area contributed by atoms with Gasteiger partial charge in [-0.3, -0.25) is 19.4 Å². The Morgan fingerprint density at radius 1 is 1.10 bits per heavy atom. The average Bonchev–Trinajstić information content (AvgIpc) is 2.73. The van der Waals surface area contributed by atoms with Crippen LogP contribution in [0.15, 0.2) is 66.6 Å². The second kappa shape index (κ2) is 7.98. The quantitative estimate of drug-likeness (QED) is 0.842. The molecule has 2 aromatic carbocycles. The topological polar surface area (TPSA) is 81.2 Å². The van der Waals surface area contributed by atoms with Crippen LogP contribution in [0.1, 0.15) is 23.6 Å². The number of halogens is 1. The van der Waals surface area contributed by atoms with Gasteiger partial charge in [-0.2, -0.15) is 0 Å². The summed E-state index contributed by atoms with van der Waals surface area (Å²) < 4.78 is 13.5. The van der Waals surface area contributed by atoms with Crippen LogP contribution in [0.3, 0.4) is 0 Å². The van der Waals surface area contributed by atoms with Gasteiger partial charge >= 0.3 is 6.09 Å². The fourth-order valence-electron chi connectivity index (χ4n) is 3.82. The zero-order valence-corrected chi connectivity index (χ0v) is 16.1. The maximum Gasteiger partial charge on any atom is 0.413 e. The maximum absolute atomic E-state index is 13.5. The molecule has 30 heavy (non-hydrogen) atoms. The van der Waals surface area contributed by atoms with Gasteiger partial charge < -0.3 is 10.0 Å². The summed E-state index contributed by atoms with van der Waals surface area (Å²) in [6.07, 6.45) is 0.607. The lowest BCUT2D eigenvalue weighted by molar-refractivity contribution is -0.148. The first-order chi connectivity index (χ1) is 14.5. The van der Waals surface area contributed by atoms with E-state index in [9.17, 15) is 23.9 Å². The average molecular weight is 409 g/mol. The number of nitrogens with zero attached hydrogens (tertiary/aromatic N) is 3. The van der Waals surface area contributed by atoms with E-state index in [1.807, 2.05) is 0 Å². The van der Waals surface area contributed by atoms with Crippen LogP contribution in [0.2, 0.25) is 0 Å². The molecular weight excluding hydrogens is 389 g/mol. The number of amides is 3. The Morgan fingerprint density at radius 2 is 1.87 bits per heavy atom. The molecule has 1 fully saturated rings. The Balaban J connectivity index is 1.71. The summed E-state index contributed by atoms with van der Waals surface area (Å²) in [5, 5.41) is 9.61. The molecule has 1 atom stereocenters. The van der Waals surface area contributed by atoms with Gasteiger partial charge in [0.25, 0.3) is 5.91 Å². The molecule has 8 heteroatoms. The van der Waals surface area contributed by atoms with Crippen LogP contribution in [-0.2, 0) is 16.0 Å². The number of carbonyl (C=O) groups excluding carboxylic acids is 2. The molecule has 0 radical (unpaired) electrons. The molecule has 1 saturated heterocycles. The van der Waals surface area contributed by atoms with Crippen LogP contribution in [-0.4, -0.2) is 50.8 Å². The molecule has 0 spiro atoms. The number of fused-ring (bicyclic) bond motifs is 1. The molecular formula is C22H20FN3O4. The predicted octanol–water partition coefficient (Wildman–Crippen LogP) is 2.96. The first-order valence-electron chi connectivity index (χ1n) is 9.60. The van der Waals surface area contributed by atoms with Gasteiger partial charge in [0, 0.05) is 25.7 Å². The minimum atomic E-state index is -1.19. The summed E-state index contributed by atoms with van der Waals surface area (Å²) in [4.78, 5) is 41.6. The Morgan fingerprint density at radius 3 is 2.57 bits per heavy atom. The molecule has 3 amide bonds. The summed E-state index contributed by atoms with van der Waals surface area (Å²) in [6, 6.07) is 14.0. The second-order valence-corrected chi connectivity index (χ2v) is 7.16. The van der Waals surface area contributed by atoms with Crippen LogP contribution in [0.5, 0.6) is 0 Å². The lowest BCUT2D eigenvalue weighted by Crippen LogP contribution is -2.56. The summed E-state index contributed by atoms with van der Waals surface area (Å²) >= 11 is 0. The maximum atomic E-state index is 13.5. The van der Waals surface area contributed by atoms with Crippen molar-refractivity contribution in [2.75, 3.05) is 13.1 Å². The lowest BCUT2D eigenvalue weighted by atomic mass is 9.99. The molecule has 0 aromatic heterocycles. The van der Waals surface area contributed by atoms with E-state index < -0.39 is 12.1 Å². The fraction of sp³-hybridized carbons (Fsp3) is 0.227. The third-order valence-electron chi connectivity index (χ3n) is 5.26. The predicted molar refractivity (Wildman–Crippen MR) is 105 cm³/mol. The molecule has 154 valence electrons. The molecule has 2 aliphatic heterocycles. The van der Waals surface area contributed by atoms with Crippen LogP contribution < -0.4 is 0 Å². The molecule has 7 nitrogen and oxygen atoms in total. The van der Waals surface area contributed by atoms with Crippen molar-refractivity contribution in [3.05, 3.63) is 83.6 Å². The van der Waals surface area contributed by atoms with E-state index >= 15 is 0 Å². The van der Waals surface area contributed by atoms with Crippen molar-refractivity contribution < 1.29 is 23.9 Å². The summed E-state index contributed by atoms with van der Waals surface area (Å²) in [7, 11) is 0. The van der Waals surface area contributed by atoms with Gasteiger partial charge in [-0.15, -0.1) is 0 Å². The molecule has 2 aliphatic rings. The second-order valence-electron chi connectivity index (χ2n) is 7.16. The third kappa shape index (κ3) is 3.63. The molecule has 0 saturated carbocycles. The number of hydrogen-bond donors (Lipinski definition) is 1. The number of benzene rings is 2. The number of hydrogen-bond acceptors (Lipinski definition) is 3. The van der Waals surface area contributed by atoms with Crippen LogP contribution in [0.25, 0.3) is 0 Å². The smallest absolute Gasteiger partial charge is 0.413 e. The van der Waals surface area contributed by atoms with Gasteiger partial charge in [0.2, 0.25) is 5.91 Å². The minimum absolute atomic E-state index is 0.00352. The van der Waals surface area contributed by atoms with Crippen molar-refractivity contribution >= 4 is 17.9 Å². The lowest BCUT2D eigenvalue weighted by Gasteiger charge is -2.45. The molecule has 0 aliphatic carbocycles. The van der Waals surface area contributed by atoms with E-state index in [2.05, 4.69) is 0 Å². The van der Waals surface area contributed by atoms with Crippen LogP contribution >= 0.6 is 0 Å². The van der Waals surface area contributed by atoms with Crippen molar-refractivity contribution in [3.8, 4) is 0 Å². The van der Waals surface area contributed by atoms with E-state index in [1.54, 1.807) is 42.5 Å². The monoisotopic (exact) mass is 409 g/mol. The normalized spacial score (nSPS) is 18.9. The molecule has 0 unspecified atom stereocenters. The first kappa shape index (κ1) is 19.6. The van der Waals surface area contributed by atoms with Gasteiger partial charge in [0.1, 0.15) is 17.7 Å². The zero-order valence-electron chi connectivity index (χ0n) is 16.1. The SMILES string of the molecule is O=C1[C@H](c2ccccc2)N2C(=O)CCN(C(=O)O)C2=CN1CCc1cccc(F)c1. The Bertz CT molecular complexity index is 1020. The Hall–Kier alpha value is -3.68. The fourth-order valence-corrected chi connectivity index (χ4v) is 3.82. The third-order valence-corrected chi connectivity index (χ3v) is 5.26. The Kier molecular flexibility index (Phi) is 5.22. The Labute approximate surface area is 172 Å². The van der Waals surface area contributed by atoms with Gasteiger partial charge in [-0.05, 0) is 29.7 Å². The summed E-state index contributed by atoms with van der Waals surface area (Å²) in [5.41, 5.74) is 1.32. The highest BCUT2D eigenvalue weighted by Crippen LogP contribution is 2.36. The van der Waals surface area contributed by atoms with Gasteiger partial charge in [0.05, 0.1) is 0 Å². The molecule has 2 aromatic rings. The molecule has 4 rings (SSSR count). The van der Waals surface area contributed by atoms with E-state index in [-0.39, 0.29) is 43.0 Å². The number of rotatable bonds is 4. The highest BCUT2D eigenvalue weighted by Gasteiger charge is 2.45. The highest BCUT2D eigenvalue weighted by atomic mass is 19.1. The summed E-state index contributed by atoms with van der Waals surface area (Å²) in [5.74, 6) is -0.835. The molecule has 1 N–H and O–H groups in total. The van der Waals surface area contributed by atoms with E-state index in [0.29, 0.717) is 12.0 Å². The largest absolute Gasteiger partial charge is 0.465 e. The molecule has 0 bridgehead atoms. The van der Waals surface area contributed by atoms with E-state index in [1.165, 1.54) is 28.1 Å². The zero-order chi connectivity index (χ0) is 21.3.